The van der Waals surface area contributed by atoms with E-state index in [1.54, 1.807) is 6.92 Å². The Morgan fingerprint density at radius 1 is 1.14 bits per heavy atom. The van der Waals surface area contributed by atoms with E-state index < -0.39 is 6.09 Å². The van der Waals surface area contributed by atoms with Crippen LogP contribution in [-0.2, 0) is 4.84 Å². The second-order valence-electron chi connectivity index (χ2n) is 4.62. The molecule has 1 aromatic carbocycles. The third-order valence-electron chi connectivity index (χ3n) is 2.71. The topological polar surface area (TPSA) is 91.8 Å². The average molecular weight is 306 g/mol. The van der Waals surface area contributed by atoms with Crippen molar-refractivity contribution in [3.05, 3.63) is 29.8 Å². The SMILES string of the molecule is CC=NOC(=O)NCCCCNC(=O)Nc1ccc(C)cc1. The third kappa shape index (κ3) is 7.88. The number of oxime groups is 1. The van der Waals surface area contributed by atoms with E-state index in [4.69, 9.17) is 0 Å². The van der Waals surface area contributed by atoms with Crippen molar-refractivity contribution in [1.29, 1.82) is 0 Å². The van der Waals surface area contributed by atoms with Crippen molar-refractivity contribution < 1.29 is 14.4 Å². The number of carbonyl (C=O) groups excluding carboxylic acids is 2. The highest BCUT2D eigenvalue weighted by atomic mass is 16.7. The van der Waals surface area contributed by atoms with Gasteiger partial charge in [0, 0.05) is 25.0 Å². The first-order chi connectivity index (χ1) is 10.6. The summed E-state index contributed by atoms with van der Waals surface area (Å²) in [5.41, 5.74) is 1.89. The second-order valence-corrected chi connectivity index (χ2v) is 4.62. The van der Waals surface area contributed by atoms with Crippen LogP contribution in [0.15, 0.2) is 29.4 Å². The van der Waals surface area contributed by atoms with Gasteiger partial charge in [0.1, 0.15) is 0 Å². The summed E-state index contributed by atoms with van der Waals surface area (Å²) < 4.78 is 0. The van der Waals surface area contributed by atoms with Gasteiger partial charge in [-0.15, -0.1) is 0 Å². The monoisotopic (exact) mass is 306 g/mol. The number of benzene rings is 1. The molecule has 7 heteroatoms. The fourth-order valence-corrected chi connectivity index (χ4v) is 1.59. The first kappa shape index (κ1) is 17.5. The molecular formula is C15H22N4O3. The van der Waals surface area contributed by atoms with Gasteiger partial charge in [0.05, 0.1) is 0 Å². The molecule has 3 N–H and O–H groups in total. The lowest BCUT2D eigenvalue weighted by molar-refractivity contribution is 0.151. The lowest BCUT2D eigenvalue weighted by Crippen LogP contribution is -2.30. The van der Waals surface area contributed by atoms with Crippen molar-refractivity contribution in [1.82, 2.24) is 10.6 Å². The van der Waals surface area contributed by atoms with Crippen LogP contribution in [0.3, 0.4) is 0 Å². The number of hydrogen-bond donors (Lipinski definition) is 3. The van der Waals surface area contributed by atoms with E-state index in [1.165, 1.54) is 6.21 Å². The van der Waals surface area contributed by atoms with Gasteiger partial charge < -0.3 is 16.0 Å². The maximum absolute atomic E-state index is 11.6. The van der Waals surface area contributed by atoms with Crippen molar-refractivity contribution in [3.63, 3.8) is 0 Å². The van der Waals surface area contributed by atoms with Crippen LogP contribution >= 0.6 is 0 Å². The van der Waals surface area contributed by atoms with Crippen LogP contribution < -0.4 is 16.0 Å². The van der Waals surface area contributed by atoms with Crippen LogP contribution in [0.4, 0.5) is 15.3 Å². The van der Waals surface area contributed by atoms with Gasteiger partial charge in [-0.05, 0) is 38.8 Å². The van der Waals surface area contributed by atoms with Crippen molar-refractivity contribution in [2.75, 3.05) is 18.4 Å². The van der Waals surface area contributed by atoms with Gasteiger partial charge in [0.2, 0.25) is 0 Å². The normalized spacial score (nSPS) is 10.3. The summed E-state index contributed by atoms with van der Waals surface area (Å²) in [7, 11) is 0. The Labute approximate surface area is 130 Å². The van der Waals surface area contributed by atoms with Crippen LogP contribution in [0.1, 0.15) is 25.3 Å². The van der Waals surface area contributed by atoms with E-state index in [2.05, 4.69) is 25.9 Å². The largest absolute Gasteiger partial charge is 0.433 e. The molecule has 0 heterocycles. The molecule has 0 aliphatic heterocycles. The molecule has 1 rings (SSSR count). The van der Waals surface area contributed by atoms with Gasteiger partial charge in [-0.3, -0.25) is 4.84 Å². The highest BCUT2D eigenvalue weighted by Gasteiger charge is 2.01. The molecule has 7 nitrogen and oxygen atoms in total. The molecule has 0 fully saturated rings. The van der Waals surface area contributed by atoms with E-state index in [0.29, 0.717) is 13.1 Å². The zero-order chi connectivity index (χ0) is 16.2. The number of urea groups is 1. The number of nitrogens with zero attached hydrogens (tertiary/aromatic N) is 1. The van der Waals surface area contributed by atoms with Gasteiger partial charge in [0.15, 0.2) is 0 Å². The molecule has 0 bridgehead atoms. The molecule has 0 spiro atoms. The summed E-state index contributed by atoms with van der Waals surface area (Å²) >= 11 is 0. The highest BCUT2D eigenvalue weighted by molar-refractivity contribution is 5.89. The van der Waals surface area contributed by atoms with Gasteiger partial charge in [-0.2, -0.15) is 0 Å². The van der Waals surface area contributed by atoms with E-state index in [0.717, 1.165) is 24.1 Å². The lowest BCUT2D eigenvalue weighted by atomic mass is 10.2. The van der Waals surface area contributed by atoms with E-state index in [9.17, 15) is 9.59 Å². The number of hydrogen-bond acceptors (Lipinski definition) is 4. The first-order valence-electron chi connectivity index (χ1n) is 7.16. The molecule has 0 saturated carbocycles. The minimum Gasteiger partial charge on any atom is -0.338 e. The van der Waals surface area contributed by atoms with Crippen molar-refractivity contribution >= 4 is 24.0 Å². The maximum Gasteiger partial charge on any atom is 0.433 e. The molecular weight excluding hydrogens is 284 g/mol. The summed E-state index contributed by atoms with van der Waals surface area (Å²) in [4.78, 5) is 27.1. The Bertz CT molecular complexity index is 500. The van der Waals surface area contributed by atoms with Crippen LogP contribution in [0.5, 0.6) is 0 Å². The standard InChI is InChI=1S/C15H22N4O3/c1-3-18-22-15(21)17-11-5-4-10-16-14(20)19-13-8-6-12(2)7-9-13/h3,6-9H,4-5,10-11H2,1-2H3,(H,17,21)(H2,16,19,20). The number of amides is 3. The molecule has 0 saturated heterocycles. The van der Waals surface area contributed by atoms with E-state index >= 15 is 0 Å². The fourth-order valence-electron chi connectivity index (χ4n) is 1.59. The lowest BCUT2D eigenvalue weighted by Gasteiger charge is -2.08. The van der Waals surface area contributed by atoms with E-state index in [-0.39, 0.29) is 6.03 Å². The summed E-state index contributed by atoms with van der Waals surface area (Å²) in [6, 6.07) is 7.33. The zero-order valence-corrected chi connectivity index (χ0v) is 12.9. The van der Waals surface area contributed by atoms with Crippen LogP contribution in [-0.4, -0.2) is 31.4 Å². The Kier molecular flexibility index (Phi) is 8.10. The van der Waals surface area contributed by atoms with Crippen LogP contribution in [0.25, 0.3) is 0 Å². The quantitative estimate of drug-likeness (QED) is 0.313. The molecule has 22 heavy (non-hydrogen) atoms. The minimum absolute atomic E-state index is 0.242. The molecule has 120 valence electrons. The predicted octanol–water partition coefficient (Wildman–Crippen LogP) is 2.63. The zero-order valence-electron chi connectivity index (χ0n) is 12.9. The number of carbonyl (C=O) groups is 2. The number of rotatable bonds is 7. The third-order valence-corrected chi connectivity index (χ3v) is 2.71. The maximum atomic E-state index is 11.6. The second kappa shape index (κ2) is 10.2. The summed E-state index contributed by atoms with van der Waals surface area (Å²) in [5, 5.41) is 11.4. The molecule has 0 aromatic heterocycles. The van der Waals surface area contributed by atoms with Gasteiger partial charge in [0.25, 0.3) is 0 Å². The molecule has 0 aliphatic rings. The van der Waals surface area contributed by atoms with Crippen LogP contribution in [0, 0.1) is 6.92 Å². The number of unbranched alkanes of at least 4 members (excludes halogenated alkanes) is 1. The summed E-state index contributed by atoms with van der Waals surface area (Å²) in [6.07, 6.45) is 2.29. The van der Waals surface area contributed by atoms with Gasteiger partial charge in [-0.25, -0.2) is 9.59 Å². The Morgan fingerprint density at radius 3 is 2.41 bits per heavy atom. The van der Waals surface area contributed by atoms with Crippen LogP contribution in [0.2, 0.25) is 0 Å². The van der Waals surface area contributed by atoms with Crippen molar-refractivity contribution in [2.45, 2.75) is 26.7 Å². The minimum atomic E-state index is -0.580. The molecule has 1 aromatic rings. The fraction of sp³-hybridized carbons (Fsp3) is 0.400. The highest BCUT2D eigenvalue weighted by Crippen LogP contribution is 2.07. The number of aryl methyl sites for hydroxylation is 1. The summed E-state index contributed by atoms with van der Waals surface area (Å²) in [6.45, 7) is 4.64. The number of anilines is 1. The Balaban J connectivity index is 2.05. The molecule has 0 atom stereocenters. The van der Waals surface area contributed by atoms with Crippen molar-refractivity contribution in [2.24, 2.45) is 5.16 Å². The molecule has 3 amide bonds. The Morgan fingerprint density at radius 2 is 1.77 bits per heavy atom. The molecule has 0 unspecified atom stereocenters. The average Bonchev–Trinajstić information content (AvgIpc) is 2.51. The van der Waals surface area contributed by atoms with Gasteiger partial charge in [-0.1, -0.05) is 22.9 Å². The first-order valence-corrected chi connectivity index (χ1v) is 7.16. The van der Waals surface area contributed by atoms with E-state index in [1.807, 2.05) is 31.2 Å². The Hall–Kier alpha value is -2.57. The predicted molar refractivity (Wildman–Crippen MR) is 86.1 cm³/mol. The van der Waals surface area contributed by atoms with Crippen molar-refractivity contribution in [3.8, 4) is 0 Å². The number of nitrogens with one attached hydrogen (secondary N) is 3. The molecule has 0 aliphatic carbocycles. The molecule has 0 radical (unpaired) electrons. The smallest absolute Gasteiger partial charge is 0.338 e. The summed E-state index contributed by atoms with van der Waals surface area (Å²) in [5.74, 6) is 0. The van der Waals surface area contributed by atoms with Gasteiger partial charge >= 0.3 is 12.1 Å².